The number of nitrogens with two attached hydrogens (primary N) is 1. The molecule has 1 fully saturated rings. The fraction of sp³-hybridized carbons (Fsp3) is 0.833. The predicted molar refractivity (Wildman–Crippen MR) is 44.3 cm³/mol. The Morgan fingerprint density at radius 1 is 1.58 bits per heavy atom. The molecule has 0 saturated carbocycles. The van der Waals surface area contributed by atoms with Crippen molar-refractivity contribution >= 4 is 18.5 Å². The summed E-state index contributed by atoms with van der Waals surface area (Å²) in [6, 6.07) is -0.352. The van der Waals surface area contributed by atoms with Crippen LogP contribution in [0.2, 0.25) is 0 Å². The summed E-state index contributed by atoms with van der Waals surface area (Å²) in [6.45, 7) is 0.207. The van der Waals surface area contributed by atoms with E-state index in [1.807, 2.05) is 0 Å². The molecule has 0 radical (unpaired) electrons. The molecule has 1 heterocycles. The highest BCUT2D eigenvalue weighted by Gasteiger charge is 2.27. The van der Waals surface area contributed by atoms with Crippen molar-refractivity contribution in [2.24, 2.45) is 5.73 Å². The van der Waals surface area contributed by atoms with Crippen LogP contribution in [0.25, 0.3) is 0 Å². The topological polar surface area (TPSA) is 66.6 Å². The first-order valence-electron chi connectivity index (χ1n) is 3.47. The molecule has 2 atom stereocenters. The van der Waals surface area contributed by atoms with E-state index < -0.39 is 12.3 Å². The van der Waals surface area contributed by atoms with E-state index in [9.17, 15) is 9.18 Å². The molecular weight excluding hydrogens is 187 g/mol. The van der Waals surface area contributed by atoms with Crippen LogP contribution in [0, 0.1) is 0 Å². The zero-order chi connectivity index (χ0) is 8.43. The van der Waals surface area contributed by atoms with Gasteiger partial charge in [-0.1, -0.05) is 0 Å². The van der Waals surface area contributed by atoms with Gasteiger partial charge in [0, 0.05) is 12.6 Å². The largest absolute Gasteiger partial charge is 0.465 e. The first-order valence-corrected chi connectivity index (χ1v) is 3.47. The molecule has 0 aliphatic carbocycles. The van der Waals surface area contributed by atoms with Crippen molar-refractivity contribution in [2.75, 3.05) is 13.1 Å². The summed E-state index contributed by atoms with van der Waals surface area (Å²) in [7, 11) is 0. The van der Waals surface area contributed by atoms with Crippen LogP contribution in [0.3, 0.4) is 0 Å². The number of hydrogen-bond acceptors (Lipinski definition) is 2. The Kier molecular flexibility index (Phi) is 4.26. The maximum atomic E-state index is 12.7. The van der Waals surface area contributed by atoms with Crippen LogP contribution in [0.15, 0.2) is 0 Å². The van der Waals surface area contributed by atoms with Gasteiger partial charge >= 0.3 is 6.09 Å². The lowest BCUT2D eigenvalue weighted by atomic mass is 10.1. The fourth-order valence-corrected chi connectivity index (χ4v) is 1.23. The summed E-state index contributed by atoms with van der Waals surface area (Å²) in [4.78, 5) is 11.4. The Morgan fingerprint density at radius 3 is 2.58 bits per heavy atom. The number of halogens is 2. The number of carboxylic acid groups (broad SMARTS) is 1. The molecule has 1 rings (SSSR count). The van der Waals surface area contributed by atoms with Gasteiger partial charge in [-0.2, -0.15) is 0 Å². The summed E-state index contributed by atoms with van der Waals surface area (Å²) in [5.41, 5.74) is 5.41. The molecule has 0 spiro atoms. The Hall–Kier alpha value is -0.550. The van der Waals surface area contributed by atoms with Gasteiger partial charge in [-0.25, -0.2) is 9.18 Å². The molecule has 3 N–H and O–H groups in total. The molecular formula is C6H12ClFN2O2. The van der Waals surface area contributed by atoms with Gasteiger partial charge < -0.3 is 15.7 Å². The van der Waals surface area contributed by atoms with Gasteiger partial charge in [0.1, 0.15) is 6.17 Å². The van der Waals surface area contributed by atoms with Crippen LogP contribution in [0.5, 0.6) is 0 Å². The van der Waals surface area contributed by atoms with E-state index >= 15 is 0 Å². The third-order valence-electron chi connectivity index (χ3n) is 1.70. The van der Waals surface area contributed by atoms with E-state index in [2.05, 4.69) is 0 Å². The van der Waals surface area contributed by atoms with Gasteiger partial charge in [0.05, 0.1) is 6.54 Å². The number of rotatable bonds is 0. The second kappa shape index (κ2) is 4.47. The van der Waals surface area contributed by atoms with E-state index in [0.29, 0.717) is 0 Å². The van der Waals surface area contributed by atoms with Crippen LogP contribution in [0.4, 0.5) is 9.18 Å². The first-order chi connectivity index (χ1) is 5.09. The van der Waals surface area contributed by atoms with Crippen molar-refractivity contribution in [3.05, 3.63) is 0 Å². The summed E-state index contributed by atoms with van der Waals surface area (Å²) >= 11 is 0. The molecule has 1 saturated heterocycles. The second-order valence-corrected chi connectivity index (χ2v) is 2.78. The lowest BCUT2D eigenvalue weighted by Crippen LogP contribution is -2.49. The number of hydrogen-bond donors (Lipinski definition) is 2. The first kappa shape index (κ1) is 11.4. The number of carbonyl (C=O) groups is 1. The summed E-state index contributed by atoms with van der Waals surface area (Å²) in [5.74, 6) is 0. The number of alkyl halides is 1. The van der Waals surface area contributed by atoms with Gasteiger partial charge in [0.2, 0.25) is 0 Å². The number of amides is 1. The molecule has 0 aromatic heterocycles. The molecule has 0 aromatic carbocycles. The van der Waals surface area contributed by atoms with Crippen LogP contribution in [-0.2, 0) is 0 Å². The zero-order valence-electron chi connectivity index (χ0n) is 6.44. The molecule has 0 bridgehead atoms. The van der Waals surface area contributed by atoms with Crippen molar-refractivity contribution < 1.29 is 14.3 Å². The van der Waals surface area contributed by atoms with Crippen LogP contribution < -0.4 is 5.73 Å². The fourth-order valence-electron chi connectivity index (χ4n) is 1.23. The second-order valence-electron chi connectivity index (χ2n) is 2.78. The predicted octanol–water partition coefficient (Wildman–Crippen LogP) is 0.457. The van der Waals surface area contributed by atoms with Crippen molar-refractivity contribution in [3.63, 3.8) is 0 Å². The lowest BCUT2D eigenvalue weighted by molar-refractivity contribution is 0.0991. The van der Waals surface area contributed by atoms with Gasteiger partial charge in [0.25, 0.3) is 0 Å². The van der Waals surface area contributed by atoms with Crippen molar-refractivity contribution in [1.82, 2.24) is 4.90 Å². The highest BCUT2D eigenvalue weighted by Crippen LogP contribution is 2.11. The van der Waals surface area contributed by atoms with E-state index in [1.165, 1.54) is 0 Å². The van der Waals surface area contributed by atoms with Gasteiger partial charge in [0.15, 0.2) is 0 Å². The monoisotopic (exact) mass is 198 g/mol. The molecule has 6 heteroatoms. The van der Waals surface area contributed by atoms with Gasteiger partial charge in [-0.05, 0) is 6.42 Å². The van der Waals surface area contributed by atoms with Crippen molar-refractivity contribution in [2.45, 2.75) is 18.6 Å². The smallest absolute Gasteiger partial charge is 0.407 e. The Bertz CT molecular complexity index is 160. The average Bonchev–Trinajstić information content (AvgIpc) is 1.85. The normalized spacial score (nSPS) is 29.3. The average molecular weight is 199 g/mol. The van der Waals surface area contributed by atoms with Gasteiger partial charge in [-0.15, -0.1) is 12.4 Å². The van der Waals surface area contributed by atoms with E-state index in [0.717, 1.165) is 4.90 Å². The Morgan fingerprint density at radius 2 is 2.17 bits per heavy atom. The molecule has 4 nitrogen and oxygen atoms in total. The number of nitrogens with zero attached hydrogens (tertiary/aromatic N) is 1. The highest BCUT2D eigenvalue weighted by molar-refractivity contribution is 5.85. The molecule has 1 aliphatic rings. The SMILES string of the molecule is Cl.N[C@H]1CC(F)CN(C(=O)O)C1. The van der Waals surface area contributed by atoms with Crippen LogP contribution in [-0.4, -0.2) is 41.4 Å². The quantitative estimate of drug-likeness (QED) is 0.594. The third-order valence-corrected chi connectivity index (χ3v) is 1.70. The van der Waals surface area contributed by atoms with Crippen LogP contribution in [0.1, 0.15) is 6.42 Å². The Labute approximate surface area is 75.9 Å². The third kappa shape index (κ3) is 2.83. The lowest BCUT2D eigenvalue weighted by Gasteiger charge is -2.30. The van der Waals surface area contributed by atoms with Gasteiger partial charge in [-0.3, -0.25) is 0 Å². The minimum absolute atomic E-state index is 0. The zero-order valence-corrected chi connectivity index (χ0v) is 7.26. The maximum Gasteiger partial charge on any atom is 0.407 e. The molecule has 1 amide bonds. The number of piperidine rings is 1. The molecule has 12 heavy (non-hydrogen) atoms. The maximum absolute atomic E-state index is 12.7. The van der Waals surface area contributed by atoms with E-state index in [4.69, 9.17) is 10.8 Å². The summed E-state index contributed by atoms with van der Waals surface area (Å²) in [6.07, 6.45) is -1.93. The highest BCUT2D eigenvalue weighted by atomic mass is 35.5. The summed E-state index contributed by atoms with van der Waals surface area (Å²) < 4.78 is 12.7. The Balaban J connectivity index is 0.00000121. The van der Waals surface area contributed by atoms with Crippen molar-refractivity contribution in [3.8, 4) is 0 Å². The molecule has 0 aromatic rings. The number of likely N-dealkylation sites (tertiary alicyclic amines) is 1. The molecule has 72 valence electrons. The van der Waals surface area contributed by atoms with Crippen molar-refractivity contribution in [1.29, 1.82) is 0 Å². The van der Waals surface area contributed by atoms with E-state index in [-0.39, 0.29) is 38.0 Å². The van der Waals surface area contributed by atoms with Crippen LogP contribution >= 0.6 is 12.4 Å². The molecule has 1 unspecified atom stereocenters. The standard InChI is InChI=1S/C6H11FN2O2.ClH/c7-4-1-5(8)3-9(2-4)6(10)11;/h4-5H,1-3,8H2,(H,10,11);1H/t4?,5-;/m0./s1. The molecule has 1 aliphatic heterocycles. The minimum atomic E-state index is -1.10. The van der Waals surface area contributed by atoms with E-state index in [1.54, 1.807) is 0 Å². The minimum Gasteiger partial charge on any atom is -0.465 e. The summed E-state index contributed by atoms with van der Waals surface area (Å²) in [5, 5.41) is 8.48.